The molecule has 0 saturated carbocycles. The Bertz CT molecular complexity index is 134. The summed E-state index contributed by atoms with van der Waals surface area (Å²) in [6.45, 7) is 1.13. The fraction of sp³-hybridized carbons (Fsp3) is 0.500. The molecule has 0 heterocycles. The van der Waals surface area contributed by atoms with Crippen molar-refractivity contribution < 1.29 is 13.2 Å². The van der Waals surface area contributed by atoms with Crippen molar-refractivity contribution in [3.63, 3.8) is 0 Å². The molecule has 1 amide bonds. The van der Waals surface area contributed by atoms with Crippen molar-refractivity contribution in [3.05, 3.63) is 0 Å². The number of carbonyl (C=O) groups excluding carboxylic acids is 1. The molecule has 1 N–H and O–H groups in total. The second kappa shape index (κ2) is 4.86. The van der Waals surface area contributed by atoms with E-state index in [1.807, 2.05) is 0 Å². The van der Waals surface area contributed by atoms with E-state index in [0.29, 0.717) is 0 Å². The first-order valence-corrected chi connectivity index (χ1v) is 2.72. The highest BCUT2D eigenvalue weighted by atomic mass is 35.5. The van der Waals surface area contributed by atoms with Crippen LogP contribution in [0.15, 0.2) is 0 Å². The van der Waals surface area contributed by atoms with E-state index in [2.05, 4.69) is 0 Å². The van der Waals surface area contributed by atoms with Crippen molar-refractivity contribution in [2.75, 3.05) is 0 Å². The van der Waals surface area contributed by atoms with E-state index in [-0.39, 0.29) is 12.4 Å². The minimum absolute atomic E-state index is 0. The summed E-state index contributed by atoms with van der Waals surface area (Å²) in [5.74, 6) is -0.559. The fourth-order valence-corrected chi connectivity index (χ4v) is 0.386. The molecule has 0 aliphatic carbocycles. The van der Waals surface area contributed by atoms with Crippen molar-refractivity contribution >= 4 is 29.2 Å². The number of rotatable bonds is 1. The molecular weight excluding hydrogens is 154 g/mol. The molecule has 6 heteroatoms. The molecule has 0 rings (SSSR count). The van der Waals surface area contributed by atoms with Crippen LogP contribution >= 0.6 is 12.4 Å². The van der Waals surface area contributed by atoms with Crippen molar-refractivity contribution in [2.24, 2.45) is 0 Å². The lowest BCUT2D eigenvalue weighted by molar-refractivity contribution is -0.117. The second-order valence-electron chi connectivity index (χ2n) is 0.925. The van der Waals surface area contributed by atoms with Crippen molar-refractivity contribution in [1.29, 1.82) is 0 Å². The Kier molecular flexibility index (Phi) is 6.47. The molecule has 50 valence electrons. The minimum atomic E-state index is -2.74. The quantitative estimate of drug-likeness (QED) is 0.486. The minimum Gasteiger partial charge on any atom is -0.274 e. The van der Waals surface area contributed by atoms with Gasteiger partial charge in [-0.25, -0.2) is 8.42 Å². The van der Waals surface area contributed by atoms with Gasteiger partial charge in [0.15, 0.2) is 0 Å². The summed E-state index contributed by atoms with van der Waals surface area (Å²) in [5.41, 5.74) is 0. The number of hydrogen-bond acceptors (Lipinski definition) is 3. The SMILES string of the molecule is CC(=O)N[SH](=O)=O.Cl. The van der Waals surface area contributed by atoms with E-state index in [4.69, 9.17) is 0 Å². The smallest absolute Gasteiger partial charge is 0.230 e. The van der Waals surface area contributed by atoms with Gasteiger partial charge in [0.2, 0.25) is 16.8 Å². The lowest BCUT2D eigenvalue weighted by Crippen LogP contribution is -2.16. The van der Waals surface area contributed by atoms with Crippen LogP contribution in [0.2, 0.25) is 0 Å². The van der Waals surface area contributed by atoms with Gasteiger partial charge in [0.1, 0.15) is 0 Å². The van der Waals surface area contributed by atoms with Gasteiger partial charge in [0.25, 0.3) is 0 Å². The normalized spacial score (nSPS) is 7.75. The number of carbonyl (C=O) groups is 1. The van der Waals surface area contributed by atoms with Crippen LogP contribution in [0.3, 0.4) is 0 Å². The van der Waals surface area contributed by atoms with E-state index in [0.717, 1.165) is 6.92 Å². The number of nitrogens with one attached hydrogen (secondary N) is 1. The molecule has 0 aromatic heterocycles. The number of thiol groups is 1. The van der Waals surface area contributed by atoms with Crippen LogP contribution in [0, 0.1) is 0 Å². The standard InChI is InChI=1S/C2H5NO3S.ClH/c1-2(4)3-7(5)6;/h7H,1H3,(H,3,4,5,6);1H. The zero-order valence-corrected chi connectivity index (χ0v) is 5.79. The van der Waals surface area contributed by atoms with Gasteiger partial charge in [0.05, 0.1) is 0 Å². The van der Waals surface area contributed by atoms with E-state index in [9.17, 15) is 13.2 Å². The summed E-state index contributed by atoms with van der Waals surface area (Å²) >= 11 is 0. The Balaban J connectivity index is 0. The predicted octanol–water partition coefficient (Wildman–Crippen LogP) is -0.929. The van der Waals surface area contributed by atoms with Gasteiger partial charge in [-0.3, -0.25) is 9.52 Å². The summed E-state index contributed by atoms with van der Waals surface area (Å²) in [6, 6.07) is 0. The molecule has 0 aliphatic rings. The summed E-state index contributed by atoms with van der Waals surface area (Å²) < 4.78 is 20.6. The lowest BCUT2D eigenvalue weighted by Gasteiger charge is -1.81. The molecule has 8 heavy (non-hydrogen) atoms. The third kappa shape index (κ3) is 9.20. The Labute approximate surface area is 54.8 Å². The molecule has 0 radical (unpaired) electrons. The molecule has 0 fully saturated rings. The van der Waals surface area contributed by atoms with Gasteiger partial charge >= 0.3 is 0 Å². The maximum Gasteiger partial charge on any atom is 0.230 e. The van der Waals surface area contributed by atoms with E-state index < -0.39 is 16.8 Å². The maximum atomic E-state index is 9.76. The second-order valence-corrected chi connectivity index (χ2v) is 1.66. The Morgan fingerprint density at radius 2 is 1.88 bits per heavy atom. The average Bonchev–Trinajstić information content (AvgIpc) is 1.27. The van der Waals surface area contributed by atoms with Gasteiger partial charge in [0, 0.05) is 6.92 Å². The molecule has 0 bridgehead atoms. The van der Waals surface area contributed by atoms with Gasteiger partial charge in [-0.2, -0.15) is 0 Å². The van der Waals surface area contributed by atoms with Crippen LogP contribution in [0.1, 0.15) is 6.92 Å². The highest BCUT2D eigenvalue weighted by Gasteiger charge is 1.84. The average molecular weight is 160 g/mol. The predicted molar refractivity (Wildman–Crippen MR) is 31.4 cm³/mol. The molecule has 0 unspecified atom stereocenters. The highest BCUT2D eigenvalue weighted by molar-refractivity contribution is 7.70. The van der Waals surface area contributed by atoms with Gasteiger partial charge in [-0.1, -0.05) is 0 Å². The number of hydrogen-bond donors (Lipinski definition) is 2. The van der Waals surface area contributed by atoms with E-state index in [1.54, 1.807) is 4.72 Å². The van der Waals surface area contributed by atoms with Crippen molar-refractivity contribution in [3.8, 4) is 0 Å². The zero-order valence-electron chi connectivity index (χ0n) is 4.08. The van der Waals surface area contributed by atoms with Crippen LogP contribution in [-0.4, -0.2) is 14.3 Å². The van der Waals surface area contributed by atoms with Gasteiger partial charge in [-0.05, 0) is 0 Å². The summed E-state index contributed by atoms with van der Waals surface area (Å²) in [6.07, 6.45) is 0. The van der Waals surface area contributed by atoms with Crippen molar-refractivity contribution in [2.45, 2.75) is 6.92 Å². The molecule has 0 saturated heterocycles. The van der Waals surface area contributed by atoms with E-state index >= 15 is 0 Å². The molecule has 0 aromatic carbocycles. The van der Waals surface area contributed by atoms with E-state index in [1.165, 1.54) is 0 Å². The first kappa shape index (κ1) is 10.6. The summed E-state index contributed by atoms with van der Waals surface area (Å²) in [4.78, 5) is 9.76. The first-order chi connectivity index (χ1) is 3.13. The van der Waals surface area contributed by atoms with Gasteiger partial charge in [-0.15, -0.1) is 12.4 Å². The third-order valence-electron chi connectivity index (χ3n) is 0.249. The number of amides is 1. The Morgan fingerprint density at radius 3 is 1.88 bits per heavy atom. The van der Waals surface area contributed by atoms with Crippen LogP contribution < -0.4 is 4.72 Å². The van der Waals surface area contributed by atoms with Crippen LogP contribution in [0.5, 0.6) is 0 Å². The molecular formula is C2H6ClNO3S. The zero-order chi connectivity index (χ0) is 5.86. The monoisotopic (exact) mass is 159 g/mol. The first-order valence-electron chi connectivity index (χ1n) is 1.54. The van der Waals surface area contributed by atoms with Gasteiger partial charge < -0.3 is 0 Å². The third-order valence-corrected chi connectivity index (χ3v) is 0.746. The van der Waals surface area contributed by atoms with Crippen LogP contribution in [0.25, 0.3) is 0 Å². The molecule has 0 aromatic rings. The topological polar surface area (TPSA) is 63.2 Å². The van der Waals surface area contributed by atoms with Crippen LogP contribution in [0.4, 0.5) is 0 Å². The Hall–Kier alpha value is -0.290. The highest BCUT2D eigenvalue weighted by Crippen LogP contribution is 1.54. The largest absolute Gasteiger partial charge is 0.274 e. The molecule has 4 nitrogen and oxygen atoms in total. The molecule has 0 spiro atoms. The van der Waals surface area contributed by atoms with Crippen molar-refractivity contribution in [1.82, 2.24) is 4.72 Å². The summed E-state index contributed by atoms with van der Waals surface area (Å²) in [5, 5.41) is 0. The maximum absolute atomic E-state index is 9.76. The summed E-state index contributed by atoms with van der Waals surface area (Å²) in [7, 11) is -2.74. The Morgan fingerprint density at radius 1 is 1.50 bits per heavy atom. The fourth-order valence-electron chi connectivity index (χ4n) is 0.129. The molecule has 0 aliphatic heterocycles. The molecule has 0 atom stereocenters. The number of halogens is 1. The lowest BCUT2D eigenvalue weighted by atomic mass is 10.8. The van der Waals surface area contributed by atoms with Crippen LogP contribution in [-0.2, 0) is 15.7 Å².